The second-order valence-corrected chi connectivity index (χ2v) is 5.95. The summed E-state index contributed by atoms with van der Waals surface area (Å²) in [5, 5.41) is 16.4. The van der Waals surface area contributed by atoms with Crippen molar-refractivity contribution in [1.29, 1.82) is 0 Å². The number of non-ortho nitro benzene ring substituents is 1. The van der Waals surface area contributed by atoms with E-state index in [1.807, 2.05) is 0 Å². The molecule has 28 heavy (non-hydrogen) atoms. The number of carbonyl (C=O) groups is 2. The Kier molecular flexibility index (Phi) is 5.76. The SMILES string of the molecule is O=C(NC(Nc1ccc([N+](=O)[O-])cc1)C(=O)c1ccccc1)c1ccccc1. The van der Waals surface area contributed by atoms with E-state index >= 15 is 0 Å². The lowest BCUT2D eigenvalue weighted by Gasteiger charge is -2.20. The Bertz CT molecular complexity index is 974. The number of rotatable bonds is 7. The Morgan fingerprint density at radius 2 is 1.32 bits per heavy atom. The maximum atomic E-state index is 12.9. The molecule has 0 aliphatic carbocycles. The first-order valence-corrected chi connectivity index (χ1v) is 8.51. The molecule has 140 valence electrons. The second-order valence-electron chi connectivity index (χ2n) is 5.95. The fourth-order valence-corrected chi connectivity index (χ4v) is 2.59. The molecule has 0 aliphatic rings. The van der Waals surface area contributed by atoms with Gasteiger partial charge in [-0.2, -0.15) is 0 Å². The number of hydrogen-bond acceptors (Lipinski definition) is 5. The van der Waals surface area contributed by atoms with Crippen LogP contribution in [0, 0.1) is 10.1 Å². The number of nitro benzene ring substituents is 1. The normalized spacial score (nSPS) is 11.3. The molecule has 0 radical (unpaired) electrons. The zero-order chi connectivity index (χ0) is 19.9. The van der Waals surface area contributed by atoms with Crippen LogP contribution in [-0.4, -0.2) is 22.8 Å². The zero-order valence-electron chi connectivity index (χ0n) is 14.7. The molecule has 3 aromatic carbocycles. The monoisotopic (exact) mass is 375 g/mol. The lowest BCUT2D eigenvalue weighted by atomic mass is 10.1. The van der Waals surface area contributed by atoms with Crippen molar-refractivity contribution in [3.05, 3.63) is 106 Å². The maximum Gasteiger partial charge on any atom is 0.269 e. The van der Waals surface area contributed by atoms with Crippen molar-refractivity contribution in [2.24, 2.45) is 0 Å². The summed E-state index contributed by atoms with van der Waals surface area (Å²) in [7, 11) is 0. The topological polar surface area (TPSA) is 101 Å². The highest BCUT2D eigenvalue weighted by Crippen LogP contribution is 2.17. The van der Waals surface area contributed by atoms with Gasteiger partial charge >= 0.3 is 0 Å². The third-order valence-corrected chi connectivity index (χ3v) is 4.02. The average molecular weight is 375 g/mol. The molecule has 1 amide bonds. The quantitative estimate of drug-likeness (QED) is 0.284. The lowest BCUT2D eigenvalue weighted by Crippen LogP contribution is -2.46. The molecule has 0 heterocycles. The minimum Gasteiger partial charge on any atom is -0.359 e. The largest absolute Gasteiger partial charge is 0.359 e. The number of carbonyl (C=O) groups excluding carboxylic acids is 2. The summed E-state index contributed by atoms with van der Waals surface area (Å²) in [6, 6.07) is 22.7. The first kappa shape index (κ1) is 18.8. The smallest absolute Gasteiger partial charge is 0.269 e. The van der Waals surface area contributed by atoms with Crippen LogP contribution in [0.15, 0.2) is 84.9 Å². The molecule has 0 saturated heterocycles. The summed E-state index contributed by atoms with van der Waals surface area (Å²) in [5.74, 6) is -0.743. The highest BCUT2D eigenvalue weighted by Gasteiger charge is 2.23. The Hall–Kier alpha value is -4.00. The van der Waals surface area contributed by atoms with Gasteiger partial charge in [-0.3, -0.25) is 19.7 Å². The van der Waals surface area contributed by atoms with Crippen molar-refractivity contribution in [3.8, 4) is 0 Å². The van der Waals surface area contributed by atoms with Crippen molar-refractivity contribution in [2.45, 2.75) is 6.17 Å². The van der Waals surface area contributed by atoms with Crippen LogP contribution in [0.3, 0.4) is 0 Å². The lowest BCUT2D eigenvalue weighted by molar-refractivity contribution is -0.384. The number of nitrogens with one attached hydrogen (secondary N) is 2. The third kappa shape index (κ3) is 4.59. The molecule has 3 aromatic rings. The number of amides is 1. The summed E-state index contributed by atoms with van der Waals surface area (Å²) in [6.07, 6.45) is -1.04. The number of ketones is 1. The molecule has 0 spiro atoms. The van der Waals surface area contributed by atoms with Gasteiger partial charge in [-0.15, -0.1) is 0 Å². The standard InChI is InChI=1S/C21H17N3O4/c25-19(15-7-3-1-4-8-15)20(23-21(26)16-9-5-2-6-10-16)22-17-11-13-18(14-12-17)24(27)28/h1-14,20,22H,(H,23,26). The van der Waals surface area contributed by atoms with Gasteiger partial charge < -0.3 is 10.6 Å². The molecule has 0 bridgehead atoms. The van der Waals surface area contributed by atoms with Crippen LogP contribution in [0.4, 0.5) is 11.4 Å². The molecule has 2 N–H and O–H groups in total. The van der Waals surface area contributed by atoms with E-state index in [4.69, 9.17) is 0 Å². The summed E-state index contributed by atoms with van der Waals surface area (Å²) in [5.41, 5.74) is 1.24. The molecule has 7 heteroatoms. The Balaban J connectivity index is 1.84. The van der Waals surface area contributed by atoms with Crippen LogP contribution < -0.4 is 10.6 Å². The first-order valence-electron chi connectivity index (χ1n) is 8.51. The summed E-state index contributed by atoms with van der Waals surface area (Å²) in [4.78, 5) is 35.7. The number of Topliss-reactive ketones (excluding diaryl/α,β-unsaturated/α-hetero) is 1. The van der Waals surface area contributed by atoms with Crippen molar-refractivity contribution in [3.63, 3.8) is 0 Å². The van der Waals surface area contributed by atoms with Crippen molar-refractivity contribution >= 4 is 23.1 Å². The summed E-state index contributed by atoms with van der Waals surface area (Å²) in [6.45, 7) is 0. The van der Waals surface area contributed by atoms with Crippen molar-refractivity contribution < 1.29 is 14.5 Å². The van der Waals surface area contributed by atoms with E-state index in [1.165, 1.54) is 24.3 Å². The number of nitrogens with zero attached hydrogens (tertiary/aromatic N) is 1. The van der Waals surface area contributed by atoms with Gasteiger partial charge in [0.1, 0.15) is 0 Å². The van der Waals surface area contributed by atoms with Gasteiger partial charge in [-0.05, 0) is 24.3 Å². The molecule has 3 rings (SSSR count). The van der Waals surface area contributed by atoms with Crippen LogP contribution in [-0.2, 0) is 0 Å². The van der Waals surface area contributed by atoms with Crippen LogP contribution in [0.1, 0.15) is 20.7 Å². The van der Waals surface area contributed by atoms with Gasteiger partial charge in [-0.1, -0.05) is 48.5 Å². The molecule has 0 saturated carbocycles. The van der Waals surface area contributed by atoms with Gasteiger partial charge in [0.25, 0.3) is 11.6 Å². The Morgan fingerprint density at radius 1 is 0.786 bits per heavy atom. The molecular weight excluding hydrogens is 358 g/mol. The molecule has 1 atom stereocenters. The van der Waals surface area contributed by atoms with Crippen LogP contribution in [0.25, 0.3) is 0 Å². The molecule has 1 unspecified atom stereocenters. The molecule has 0 aliphatic heterocycles. The minimum absolute atomic E-state index is 0.0650. The number of hydrogen-bond donors (Lipinski definition) is 2. The van der Waals surface area contributed by atoms with Crippen LogP contribution in [0.5, 0.6) is 0 Å². The molecular formula is C21H17N3O4. The summed E-state index contributed by atoms with van der Waals surface area (Å²) >= 11 is 0. The van der Waals surface area contributed by atoms with Crippen molar-refractivity contribution in [2.75, 3.05) is 5.32 Å². The van der Waals surface area contributed by atoms with Gasteiger partial charge in [0.15, 0.2) is 6.17 Å². The minimum atomic E-state index is -1.04. The number of nitro groups is 1. The van der Waals surface area contributed by atoms with Crippen LogP contribution in [0.2, 0.25) is 0 Å². The average Bonchev–Trinajstić information content (AvgIpc) is 2.74. The van der Waals surface area contributed by atoms with Gasteiger partial charge in [0.2, 0.25) is 5.78 Å². The van der Waals surface area contributed by atoms with E-state index in [2.05, 4.69) is 10.6 Å². The van der Waals surface area contributed by atoms with E-state index in [-0.39, 0.29) is 11.5 Å². The molecule has 7 nitrogen and oxygen atoms in total. The second kappa shape index (κ2) is 8.59. The third-order valence-electron chi connectivity index (χ3n) is 4.02. The predicted molar refractivity (Wildman–Crippen MR) is 105 cm³/mol. The molecule has 0 fully saturated rings. The van der Waals surface area contributed by atoms with Gasteiger partial charge in [0, 0.05) is 28.9 Å². The maximum absolute atomic E-state index is 12.9. The van der Waals surface area contributed by atoms with Gasteiger partial charge in [0.05, 0.1) is 4.92 Å². The molecule has 0 aromatic heterocycles. The Morgan fingerprint density at radius 3 is 1.86 bits per heavy atom. The van der Waals surface area contributed by atoms with E-state index < -0.39 is 17.0 Å². The Labute approximate surface area is 161 Å². The van der Waals surface area contributed by atoms with Gasteiger partial charge in [-0.25, -0.2) is 0 Å². The van der Waals surface area contributed by atoms with Crippen molar-refractivity contribution in [1.82, 2.24) is 5.32 Å². The highest BCUT2D eigenvalue weighted by molar-refractivity contribution is 6.05. The zero-order valence-corrected chi connectivity index (χ0v) is 14.7. The fourth-order valence-electron chi connectivity index (χ4n) is 2.59. The number of benzene rings is 3. The van der Waals surface area contributed by atoms with E-state index in [9.17, 15) is 19.7 Å². The highest BCUT2D eigenvalue weighted by atomic mass is 16.6. The summed E-state index contributed by atoms with van der Waals surface area (Å²) < 4.78 is 0. The van der Waals surface area contributed by atoms with E-state index in [0.29, 0.717) is 16.8 Å². The fraction of sp³-hybridized carbons (Fsp3) is 0.0476. The van der Waals surface area contributed by atoms with E-state index in [0.717, 1.165) is 0 Å². The number of anilines is 1. The first-order chi connectivity index (χ1) is 13.5. The van der Waals surface area contributed by atoms with Crippen LogP contribution >= 0.6 is 0 Å². The predicted octanol–water partition coefficient (Wildman–Crippen LogP) is 3.65. The van der Waals surface area contributed by atoms with E-state index in [1.54, 1.807) is 60.7 Å².